The maximum absolute atomic E-state index is 15.0. The molecular formula is C29H31F3. The summed E-state index contributed by atoms with van der Waals surface area (Å²) in [4.78, 5) is 0. The molecule has 1 fully saturated rings. The quantitative estimate of drug-likeness (QED) is 0.348. The first kappa shape index (κ1) is 22.6. The Hall–Kier alpha value is -2.55. The first-order chi connectivity index (χ1) is 15.5. The van der Waals surface area contributed by atoms with Crippen LogP contribution in [-0.4, -0.2) is 0 Å². The normalized spacial score (nSPS) is 18.6. The summed E-state index contributed by atoms with van der Waals surface area (Å²) in [7, 11) is 0. The van der Waals surface area contributed by atoms with E-state index in [0.717, 1.165) is 47.1 Å². The van der Waals surface area contributed by atoms with E-state index in [9.17, 15) is 13.2 Å². The van der Waals surface area contributed by atoms with Crippen molar-refractivity contribution in [2.75, 3.05) is 0 Å². The van der Waals surface area contributed by atoms with Gasteiger partial charge in [0.25, 0.3) is 0 Å². The first-order valence-electron chi connectivity index (χ1n) is 11.9. The Kier molecular flexibility index (Phi) is 7.34. The monoisotopic (exact) mass is 436 g/mol. The van der Waals surface area contributed by atoms with Crippen molar-refractivity contribution in [3.05, 3.63) is 94.8 Å². The Morgan fingerprint density at radius 1 is 0.688 bits per heavy atom. The number of aryl methyl sites for hydroxylation is 2. The van der Waals surface area contributed by atoms with Gasteiger partial charge in [-0.05, 0) is 90.8 Å². The van der Waals surface area contributed by atoms with Gasteiger partial charge in [0.15, 0.2) is 11.6 Å². The summed E-state index contributed by atoms with van der Waals surface area (Å²) < 4.78 is 41.4. The number of hydrogen-bond acceptors (Lipinski definition) is 0. The van der Waals surface area contributed by atoms with E-state index in [1.165, 1.54) is 31.7 Å². The molecule has 0 bridgehead atoms. The van der Waals surface area contributed by atoms with Gasteiger partial charge < -0.3 is 0 Å². The molecule has 4 rings (SSSR count). The molecular weight excluding hydrogens is 405 g/mol. The van der Waals surface area contributed by atoms with Gasteiger partial charge in [-0.3, -0.25) is 0 Å². The van der Waals surface area contributed by atoms with Crippen LogP contribution in [0.3, 0.4) is 0 Å². The van der Waals surface area contributed by atoms with Crippen molar-refractivity contribution in [1.29, 1.82) is 0 Å². The van der Waals surface area contributed by atoms with Gasteiger partial charge in [-0.25, -0.2) is 13.2 Å². The Labute approximate surface area is 189 Å². The summed E-state index contributed by atoms with van der Waals surface area (Å²) >= 11 is 0. The molecule has 0 aromatic heterocycles. The van der Waals surface area contributed by atoms with Crippen LogP contribution in [0.2, 0.25) is 0 Å². The number of halogens is 3. The van der Waals surface area contributed by atoms with E-state index in [0.29, 0.717) is 24.3 Å². The third-order valence-electron chi connectivity index (χ3n) is 6.96. The number of rotatable bonds is 7. The molecule has 1 aliphatic carbocycles. The molecule has 3 heteroatoms. The summed E-state index contributed by atoms with van der Waals surface area (Å²) in [6.45, 7) is 2.25. The zero-order valence-electron chi connectivity index (χ0n) is 18.7. The zero-order chi connectivity index (χ0) is 22.5. The van der Waals surface area contributed by atoms with Gasteiger partial charge in [0.2, 0.25) is 0 Å². The Balaban J connectivity index is 1.39. The molecule has 3 aromatic rings. The SMILES string of the molecule is CCCC1CCC(c2ccc(-c3ccc(CCc4ccc(F)c(F)c4)cc3)c(F)c2)CC1. The molecule has 0 spiro atoms. The first-order valence-corrected chi connectivity index (χ1v) is 11.9. The van der Waals surface area contributed by atoms with Crippen molar-refractivity contribution in [1.82, 2.24) is 0 Å². The van der Waals surface area contributed by atoms with Crippen molar-refractivity contribution >= 4 is 0 Å². The summed E-state index contributed by atoms with van der Waals surface area (Å²) in [5, 5.41) is 0. The fourth-order valence-corrected chi connectivity index (χ4v) is 5.05. The van der Waals surface area contributed by atoms with Crippen LogP contribution >= 0.6 is 0 Å². The Bertz CT molecular complexity index is 1030. The zero-order valence-corrected chi connectivity index (χ0v) is 18.7. The minimum Gasteiger partial charge on any atom is -0.206 e. The van der Waals surface area contributed by atoms with E-state index in [-0.39, 0.29) is 5.82 Å². The molecule has 0 nitrogen and oxygen atoms in total. The predicted molar refractivity (Wildman–Crippen MR) is 125 cm³/mol. The standard InChI is InChI=1S/C29H31F3/c1-2-3-20-6-11-23(12-7-20)25-15-16-26(28(31)19-25)24-13-8-21(9-14-24)4-5-22-10-17-27(30)29(32)18-22/h8-10,13-20,23H,2-7,11-12H2,1H3. The lowest BCUT2D eigenvalue weighted by molar-refractivity contribution is 0.308. The maximum Gasteiger partial charge on any atom is 0.159 e. The maximum atomic E-state index is 15.0. The molecule has 0 atom stereocenters. The number of hydrogen-bond donors (Lipinski definition) is 0. The molecule has 0 radical (unpaired) electrons. The second-order valence-electron chi connectivity index (χ2n) is 9.19. The smallest absolute Gasteiger partial charge is 0.159 e. The molecule has 3 aromatic carbocycles. The van der Waals surface area contributed by atoms with Gasteiger partial charge in [0.05, 0.1) is 0 Å². The highest BCUT2D eigenvalue weighted by Gasteiger charge is 2.22. The molecule has 0 unspecified atom stereocenters. The van der Waals surface area contributed by atoms with E-state index >= 15 is 0 Å². The minimum atomic E-state index is -0.824. The fraction of sp³-hybridized carbons (Fsp3) is 0.379. The van der Waals surface area contributed by atoms with Crippen LogP contribution < -0.4 is 0 Å². The van der Waals surface area contributed by atoms with Crippen LogP contribution in [-0.2, 0) is 12.8 Å². The molecule has 1 aliphatic rings. The highest BCUT2D eigenvalue weighted by molar-refractivity contribution is 5.65. The van der Waals surface area contributed by atoms with Crippen molar-refractivity contribution in [3.63, 3.8) is 0 Å². The Morgan fingerprint density at radius 2 is 1.38 bits per heavy atom. The van der Waals surface area contributed by atoms with Gasteiger partial charge in [-0.15, -0.1) is 0 Å². The van der Waals surface area contributed by atoms with Gasteiger partial charge in [-0.2, -0.15) is 0 Å². The van der Waals surface area contributed by atoms with Crippen LogP contribution in [0.15, 0.2) is 60.7 Å². The molecule has 32 heavy (non-hydrogen) atoms. The molecule has 0 saturated heterocycles. The van der Waals surface area contributed by atoms with Gasteiger partial charge in [-0.1, -0.05) is 62.2 Å². The lowest BCUT2D eigenvalue weighted by Gasteiger charge is -2.28. The van der Waals surface area contributed by atoms with Crippen LogP contribution in [0.5, 0.6) is 0 Å². The van der Waals surface area contributed by atoms with Crippen molar-refractivity contribution < 1.29 is 13.2 Å². The summed E-state index contributed by atoms with van der Waals surface area (Å²) in [5.41, 5.74) is 4.46. The van der Waals surface area contributed by atoms with Gasteiger partial charge in [0, 0.05) is 5.56 Å². The van der Waals surface area contributed by atoms with Crippen LogP contribution in [0, 0.1) is 23.4 Å². The highest BCUT2D eigenvalue weighted by Crippen LogP contribution is 2.38. The van der Waals surface area contributed by atoms with E-state index in [1.807, 2.05) is 30.3 Å². The second kappa shape index (κ2) is 10.4. The largest absolute Gasteiger partial charge is 0.206 e. The van der Waals surface area contributed by atoms with Crippen molar-refractivity contribution in [3.8, 4) is 11.1 Å². The lowest BCUT2D eigenvalue weighted by Crippen LogP contribution is -2.13. The van der Waals surface area contributed by atoms with Gasteiger partial charge >= 0.3 is 0 Å². The second-order valence-corrected chi connectivity index (χ2v) is 9.19. The van der Waals surface area contributed by atoms with Gasteiger partial charge in [0.1, 0.15) is 5.82 Å². The van der Waals surface area contributed by atoms with Crippen LogP contribution in [0.4, 0.5) is 13.2 Å². The average Bonchev–Trinajstić information content (AvgIpc) is 2.81. The molecule has 0 N–H and O–H groups in total. The molecule has 168 valence electrons. The molecule has 0 heterocycles. The fourth-order valence-electron chi connectivity index (χ4n) is 5.05. The van der Waals surface area contributed by atoms with E-state index < -0.39 is 11.6 Å². The number of benzene rings is 3. The topological polar surface area (TPSA) is 0 Å². The van der Waals surface area contributed by atoms with Crippen molar-refractivity contribution in [2.45, 2.75) is 64.2 Å². The van der Waals surface area contributed by atoms with Crippen LogP contribution in [0.25, 0.3) is 11.1 Å². The van der Waals surface area contributed by atoms with E-state index in [4.69, 9.17) is 0 Å². The summed E-state index contributed by atoms with van der Waals surface area (Å²) in [6.07, 6.45) is 8.75. The van der Waals surface area contributed by atoms with Crippen molar-refractivity contribution in [2.24, 2.45) is 5.92 Å². The average molecular weight is 437 g/mol. The minimum absolute atomic E-state index is 0.160. The third kappa shape index (κ3) is 5.43. The third-order valence-corrected chi connectivity index (χ3v) is 6.96. The highest BCUT2D eigenvalue weighted by atomic mass is 19.2. The summed E-state index contributed by atoms with van der Waals surface area (Å²) in [6, 6.07) is 17.6. The molecule has 1 saturated carbocycles. The van der Waals surface area contributed by atoms with Crippen LogP contribution in [0.1, 0.15) is 68.1 Å². The van der Waals surface area contributed by atoms with E-state index in [2.05, 4.69) is 13.0 Å². The lowest BCUT2D eigenvalue weighted by atomic mass is 9.77. The Morgan fingerprint density at radius 3 is 2.03 bits per heavy atom. The predicted octanol–water partition coefficient (Wildman–Crippen LogP) is 8.63. The van der Waals surface area contributed by atoms with E-state index in [1.54, 1.807) is 12.1 Å². The molecule has 0 amide bonds. The summed E-state index contributed by atoms with van der Waals surface area (Å²) in [5.74, 6) is -0.472. The molecule has 0 aliphatic heterocycles.